The van der Waals surface area contributed by atoms with Crippen molar-refractivity contribution in [2.45, 2.75) is 12.5 Å². The van der Waals surface area contributed by atoms with E-state index in [1.807, 2.05) is 47.4 Å². The van der Waals surface area contributed by atoms with Gasteiger partial charge in [0.1, 0.15) is 0 Å². The number of nitrogens with zero attached hydrogens (tertiary/aromatic N) is 1. The van der Waals surface area contributed by atoms with Crippen LogP contribution in [0.1, 0.15) is 33.1 Å². The molecule has 1 atom stereocenters. The number of fused-ring (bicyclic) bond motifs is 1. The minimum Gasteiger partial charge on any atom is -0.493 e. The molecule has 1 heterocycles. The molecule has 0 saturated carbocycles. The van der Waals surface area contributed by atoms with Crippen molar-refractivity contribution in [1.82, 2.24) is 4.90 Å². The Kier molecular flexibility index (Phi) is 5.89. The molecule has 0 N–H and O–H groups in total. The third kappa shape index (κ3) is 3.85. The number of hydrogen-bond donors (Lipinski definition) is 0. The number of ether oxygens (including phenoxy) is 2. The van der Waals surface area contributed by atoms with Gasteiger partial charge in [-0.05, 0) is 53.4 Å². The Morgan fingerprint density at radius 1 is 0.933 bits per heavy atom. The van der Waals surface area contributed by atoms with E-state index in [9.17, 15) is 4.79 Å². The van der Waals surface area contributed by atoms with Gasteiger partial charge in [-0.25, -0.2) is 0 Å². The van der Waals surface area contributed by atoms with Crippen molar-refractivity contribution >= 4 is 29.1 Å². The van der Waals surface area contributed by atoms with Gasteiger partial charge >= 0.3 is 0 Å². The van der Waals surface area contributed by atoms with Crippen LogP contribution < -0.4 is 9.47 Å². The zero-order chi connectivity index (χ0) is 21.3. The molecule has 0 aliphatic carbocycles. The van der Waals surface area contributed by atoms with Gasteiger partial charge in [0.2, 0.25) is 0 Å². The monoisotopic (exact) mass is 441 g/mol. The summed E-state index contributed by atoms with van der Waals surface area (Å²) in [4.78, 5) is 15.4. The molecule has 1 aliphatic rings. The number of rotatable bonds is 4. The van der Waals surface area contributed by atoms with Gasteiger partial charge in [-0.3, -0.25) is 4.79 Å². The van der Waals surface area contributed by atoms with E-state index in [0.717, 1.165) is 16.7 Å². The fourth-order valence-corrected chi connectivity index (χ4v) is 4.53. The fourth-order valence-electron chi connectivity index (χ4n) is 4.00. The predicted octanol–water partition coefficient (Wildman–Crippen LogP) is 5.80. The zero-order valence-electron chi connectivity index (χ0n) is 16.7. The second-order valence-electron chi connectivity index (χ2n) is 7.13. The van der Waals surface area contributed by atoms with Gasteiger partial charge in [-0.15, -0.1) is 0 Å². The molecule has 154 valence electrons. The Labute approximate surface area is 185 Å². The summed E-state index contributed by atoms with van der Waals surface area (Å²) in [7, 11) is 3.24. The third-order valence-corrected chi connectivity index (χ3v) is 5.80. The summed E-state index contributed by atoms with van der Waals surface area (Å²) in [6, 6.07) is 18.6. The lowest BCUT2D eigenvalue weighted by Gasteiger charge is -2.38. The molecule has 1 aliphatic heterocycles. The third-order valence-electron chi connectivity index (χ3n) is 5.36. The first-order valence-electron chi connectivity index (χ1n) is 9.58. The molecule has 1 amide bonds. The first-order valence-corrected chi connectivity index (χ1v) is 10.3. The summed E-state index contributed by atoms with van der Waals surface area (Å²) in [5, 5.41) is 0.872. The standard InChI is InChI=1S/C24H21Cl2NO3/c1-29-21-12-16-8-9-27(24(28)17-10-18(25)13-19(26)11-17)23(15-6-4-3-5-7-15)20(16)14-22(21)30-2/h3-7,10-14,23H,8-9H2,1-2H3/t23-/m1/s1. The van der Waals surface area contributed by atoms with E-state index in [-0.39, 0.29) is 11.9 Å². The van der Waals surface area contributed by atoms with Gasteiger partial charge in [0.05, 0.1) is 20.3 Å². The number of carbonyl (C=O) groups is 1. The van der Waals surface area contributed by atoms with E-state index in [0.29, 0.717) is 40.1 Å². The van der Waals surface area contributed by atoms with E-state index in [2.05, 4.69) is 0 Å². The van der Waals surface area contributed by atoms with Crippen LogP contribution in [0.3, 0.4) is 0 Å². The van der Waals surface area contributed by atoms with Crippen molar-refractivity contribution in [2.75, 3.05) is 20.8 Å². The molecule has 6 heteroatoms. The molecule has 0 fully saturated rings. The second kappa shape index (κ2) is 8.58. The highest BCUT2D eigenvalue weighted by atomic mass is 35.5. The van der Waals surface area contributed by atoms with E-state index in [4.69, 9.17) is 32.7 Å². The molecule has 0 spiro atoms. The van der Waals surface area contributed by atoms with E-state index < -0.39 is 0 Å². The molecule has 3 aromatic rings. The Hall–Kier alpha value is -2.69. The predicted molar refractivity (Wildman–Crippen MR) is 119 cm³/mol. The molecule has 0 unspecified atom stereocenters. The molecule has 0 radical (unpaired) electrons. The smallest absolute Gasteiger partial charge is 0.254 e. The molecule has 4 nitrogen and oxygen atoms in total. The highest BCUT2D eigenvalue weighted by molar-refractivity contribution is 6.35. The molecule has 0 saturated heterocycles. The minimum absolute atomic E-state index is 0.117. The molecule has 30 heavy (non-hydrogen) atoms. The number of carbonyl (C=O) groups excluding carboxylic acids is 1. The topological polar surface area (TPSA) is 38.8 Å². The summed E-state index contributed by atoms with van der Waals surface area (Å²) < 4.78 is 11.0. The SMILES string of the molecule is COc1cc2c(cc1OC)[C@@H](c1ccccc1)N(C(=O)c1cc(Cl)cc(Cl)c1)CC2. The summed E-state index contributed by atoms with van der Waals surface area (Å²) in [6.07, 6.45) is 0.707. The maximum Gasteiger partial charge on any atom is 0.254 e. The quantitative estimate of drug-likeness (QED) is 0.513. The average Bonchev–Trinajstić information content (AvgIpc) is 2.76. The van der Waals surface area contributed by atoms with Crippen molar-refractivity contribution in [3.8, 4) is 11.5 Å². The van der Waals surface area contributed by atoms with Crippen LogP contribution in [-0.2, 0) is 6.42 Å². The first-order chi connectivity index (χ1) is 14.5. The van der Waals surface area contributed by atoms with Crippen LogP contribution in [0.4, 0.5) is 0 Å². The van der Waals surface area contributed by atoms with Gasteiger partial charge in [-0.2, -0.15) is 0 Å². The fraction of sp³-hybridized carbons (Fsp3) is 0.208. The van der Waals surface area contributed by atoms with E-state index >= 15 is 0 Å². The lowest BCUT2D eigenvalue weighted by Crippen LogP contribution is -2.40. The maximum atomic E-state index is 13.5. The normalized spacial score (nSPS) is 15.5. The Bertz CT molecular complexity index is 1070. The maximum absolute atomic E-state index is 13.5. The zero-order valence-corrected chi connectivity index (χ0v) is 18.2. The molecular weight excluding hydrogens is 421 g/mol. The van der Waals surface area contributed by atoms with Crippen LogP contribution in [0.2, 0.25) is 10.0 Å². The van der Waals surface area contributed by atoms with Crippen molar-refractivity contribution in [1.29, 1.82) is 0 Å². The highest BCUT2D eigenvalue weighted by Crippen LogP contribution is 2.41. The number of methoxy groups -OCH3 is 2. The summed E-state index contributed by atoms with van der Waals surface area (Å²) >= 11 is 12.3. The van der Waals surface area contributed by atoms with Crippen molar-refractivity contribution in [3.05, 3.63) is 93.0 Å². The van der Waals surface area contributed by atoms with Crippen LogP contribution in [0.25, 0.3) is 0 Å². The van der Waals surface area contributed by atoms with Crippen molar-refractivity contribution < 1.29 is 14.3 Å². The van der Waals surface area contributed by atoms with Crippen LogP contribution in [-0.4, -0.2) is 31.6 Å². The number of amides is 1. The molecular formula is C24H21Cl2NO3. The number of hydrogen-bond acceptors (Lipinski definition) is 3. The largest absolute Gasteiger partial charge is 0.493 e. The van der Waals surface area contributed by atoms with Crippen LogP contribution in [0, 0.1) is 0 Å². The van der Waals surface area contributed by atoms with Gasteiger partial charge in [0.15, 0.2) is 11.5 Å². The highest BCUT2D eigenvalue weighted by Gasteiger charge is 2.34. The van der Waals surface area contributed by atoms with Crippen molar-refractivity contribution in [2.24, 2.45) is 0 Å². The Morgan fingerprint density at radius 2 is 1.57 bits per heavy atom. The van der Waals surface area contributed by atoms with Gasteiger partial charge < -0.3 is 14.4 Å². The van der Waals surface area contributed by atoms with Gasteiger partial charge in [0, 0.05) is 22.2 Å². The van der Waals surface area contributed by atoms with Gasteiger partial charge in [-0.1, -0.05) is 53.5 Å². The first kappa shape index (κ1) is 20.6. The van der Waals surface area contributed by atoms with Gasteiger partial charge in [0.25, 0.3) is 5.91 Å². The summed E-state index contributed by atoms with van der Waals surface area (Å²) in [5.74, 6) is 1.20. The lowest BCUT2D eigenvalue weighted by molar-refractivity contribution is 0.0694. The van der Waals surface area contributed by atoms with Crippen LogP contribution in [0.15, 0.2) is 60.7 Å². The lowest BCUT2D eigenvalue weighted by atomic mass is 9.87. The van der Waals surface area contributed by atoms with E-state index in [1.54, 1.807) is 32.4 Å². The second-order valence-corrected chi connectivity index (χ2v) is 8.00. The van der Waals surface area contributed by atoms with Crippen LogP contribution >= 0.6 is 23.2 Å². The molecule has 0 bridgehead atoms. The molecule has 4 rings (SSSR count). The minimum atomic E-state index is -0.264. The van der Waals surface area contributed by atoms with Crippen molar-refractivity contribution in [3.63, 3.8) is 0 Å². The summed E-state index contributed by atoms with van der Waals surface area (Å²) in [6.45, 7) is 0.561. The van der Waals surface area contributed by atoms with E-state index in [1.165, 1.54) is 0 Å². The average molecular weight is 442 g/mol. The molecule has 0 aromatic heterocycles. The number of halogens is 2. The summed E-state index contributed by atoms with van der Waals surface area (Å²) in [5.41, 5.74) is 3.64. The number of benzene rings is 3. The Morgan fingerprint density at radius 3 is 2.20 bits per heavy atom. The van der Waals surface area contributed by atoms with Crippen LogP contribution in [0.5, 0.6) is 11.5 Å². The molecule has 3 aromatic carbocycles. The Balaban J connectivity index is 1.85.